The van der Waals surface area contributed by atoms with Crippen molar-refractivity contribution in [1.29, 1.82) is 0 Å². The molecule has 0 atom stereocenters. The number of rotatable bonds is 3. The number of hydrogen-bond acceptors (Lipinski definition) is 2. The van der Waals surface area contributed by atoms with Crippen molar-refractivity contribution < 1.29 is 14.7 Å². The van der Waals surface area contributed by atoms with Gasteiger partial charge in [0.1, 0.15) is 0 Å². The molecule has 0 bridgehead atoms. The largest absolute Gasteiger partial charge is 0.478 e. The van der Waals surface area contributed by atoms with E-state index in [0.717, 1.165) is 9.13 Å². The number of hydrogen-bond donors (Lipinski definition) is 2. The lowest BCUT2D eigenvalue weighted by Crippen LogP contribution is -2.16. The maximum Gasteiger partial charge on any atom is 0.337 e. The molecule has 6 heteroatoms. The molecule has 0 saturated heterocycles. The Morgan fingerprint density at radius 1 is 1.14 bits per heavy atom. The lowest BCUT2D eigenvalue weighted by atomic mass is 10.1. The Kier molecular flexibility index (Phi) is 4.84. The van der Waals surface area contributed by atoms with E-state index in [0.29, 0.717) is 10.6 Å². The quantitative estimate of drug-likeness (QED) is 0.738. The first kappa shape index (κ1) is 15.8. The Labute approximate surface area is 140 Å². The molecule has 0 heterocycles. The Balaban J connectivity index is 2.36. The van der Waals surface area contributed by atoms with Crippen LogP contribution < -0.4 is 5.32 Å². The molecule has 0 aliphatic heterocycles. The fraction of sp³-hybridized carbons (Fsp3) is 0.0667. The zero-order valence-electron chi connectivity index (χ0n) is 11.0. The van der Waals surface area contributed by atoms with E-state index < -0.39 is 11.9 Å². The number of carboxylic acids is 1. The number of carbonyl (C=O) groups excluding carboxylic acids is 1. The third kappa shape index (κ3) is 3.74. The van der Waals surface area contributed by atoms with Crippen LogP contribution in [0.1, 0.15) is 26.3 Å². The number of halogens is 2. The summed E-state index contributed by atoms with van der Waals surface area (Å²) in [6.45, 7) is 1.79. The third-order valence-electron chi connectivity index (χ3n) is 2.90. The molecule has 0 aliphatic carbocycles. The van der Waals surface area contributed by atoms with E-state index in [4.69, 9.17) is 11.6 Å². The van der Waals surface area contributed by atoms with E-state index in [9.17, 15) is 14.7 Å². The van der Waals surface area contributed by atoms with Gasteiger partial charge in [0.25, 0.3) is 5.91 Å². The predicted molar refractivity (Wildman–Crippen MR) is 90.3 cm³/mol. The second kappa shape index (κ2) is 6.44. The first-order valence-corrected chi connectivity index (χ1v) is 7.44. The Morgan fingerprint density at radius 2 is 1.86 bits per heavy atom. The summed E-state index contributed by atoms with van der Waals surface area (Å²) in [6.07, 6.45) is 0. The Morgan fingerprint density at radius 3 is 2.52 bits per heavy atom. The number of carbonyl (C=O) groups is 2. The fourth-order valence-electron chi connectivity index (χ4n) is 1.83. The van der Waals surface area contributed by atoms with Crippen LogP contribution in [-0.2, 0) is 0 Å². The van der Waals surface area contributed by atoms with Gasteiger partial charge in [-0.2, -0.15) is 0 Å². The summed E-state index contributed by atoms with van der Waals surface area (Å²) >= 11 is 7.91. The number of anilines is 1. The molecule has 2 aromatic rings. The SMILES string of the molecule is Cc1ccc(Cl)cc1C(=O)Nc1ccc(I)cc1C(=O)O. The van der Waals surface area contributed by atoms with Gasteiger partial charge in [-0.05, 0) is 65.4 Å². The minimum Gasteiger partial charge on any atom is -0.478 e. The van der Waals surface area contributed by atoms with E-state index >= 15 is 0 Å². The number of carboxylic acid groups (broad SMARTS) is 1. The average molecular weight is 416 g/mol. The van der Waals surface area contributed by atoms with Crippen molar-refractivity contribution in [1.82, 2.24) is 0 Å². The fourth-order valence-corrected chi connectivity index (χ4v) is 2.49. The highest BCUT2D eigenvalue weighted by atomic mass is 127. The van der Waals surface area contributed by atoms with Gasteiger partial charge >= 0.3 is 5.97 Å². The number of amides is 1. The van der Waals surface area contributed by atoms with Crippen molar-refractivity contribution in [2.24, 2.45) is 0 Å². The highest BCUT2D eigenvalue weighted by Crippen LogP contribution is 2.21. The van der Waals surface area contributed by atoms with Crippen molar-refractivity contribution in [2.45, 2.75) is 6.92 Å². The van der Waals surface area contributed by atoms with Crippen LogP contribution in [0.25, 0.3) is 0 Å². The summed E-state index contributed by atoms with van der Waals surface area (Å²) < 4.78 is 0.780. The van der Waals surface area contributed by atoms with E-state index in [2.05, 4.69) is 5.32 Å². The number of benzene rings is 2. The average Bonchev–Trinajstić information content (AvgIpc) is 2.43. The summed E-state index contributed by atoms with van der Waals surface area (Å²) in [6, 6.07) is 9.80. The number of aromatic carboxylic acids is 1. The summed E-state index contributed by atoms with van der Waals surface area (Å²) in [5.74, 6) is -1.48. The Bertz CT molecular complexity index is 731. The van der Waals surface area contributed by atoms with Crippen molar-refractivity contribution in [3.05, 3.63) is 61.7 Å². The molecular weight excluding hydrogens is 405 g/mol. The van der Waals surface area contributed by atoms with Crippen molar-refractivity contribution in [3.8, 4) is 0 Å². The van der Waals surface area contributed by atoms with Crippen LogP contribution in [0.4, 0.5) is 5.69 Å². The van der Waals surface area contributed by atoms with Crippen LogP contribution in [0.5, 0.6) is 0 Å². The smallest absolute Gasteiger partial charge is 0.337 e. The van der Waals surface area contributed by atoms with Gasteiger partial charge in [0.05, 0.1) is 11.3 Å². The third-order valence-corrected chi connectivity index (χ3v) is 3.81. The number of nitrogens with one attached hydrogen (secondary N) is 1. The molecule has 4 nitrogen and oxygen atoms in total. The van der Waals surface area contributed by atoms with Crippen LogP contribution in [-0.4, -0.2) is 17.0 Å². The van der Waals surface area contributed by atoms with E-state index in [1.54, 1.807) is 37.3 Å². The van der Waals surface area contributed by atoms with Gasteiger partial charge in [-0.1, -0.05) is 17.7 Å². The van der Waals surface area contributed by atoms with Crippen LogP contribution in [0.2, 0.25) is 5.02 Å². The maximum absolute atomic E-state index is 12.3. The lowest BCUT2D eigenvalue weighted by molar-refractivity contribution is 0.0698. The Hall–Kier alpha value is -1.60. The first-order valence-electron chi connectivity index (χ1n) is 5.99. The van der Waals surface area contributed by atoms with E-state index in [1.165, 1.54) is 6.07 Å². The summed E-state index contributed by atoms with van der Waals surface area (Å²) in [7, 11) is 0. The molecule has 21 heavy (non-hydrogen) atoms. The van der Waals surface area contributed by atoms with Gasteiger partial charge < -0.3 is 10.4 Å². The molecule has 0 saturated carbocycles. The highest BCUT2D eigenvalue weighted by Gasteiger charge is 2.15. The molecule has 0 unspecified atom stereocenters. The minimum atomic E-state index is -1.09. The molecule has 0 aliphatic rings. The van der Waals surface area contributed by atoms with Crippen molar-refractivity contribution >= 4 is 51.8 Å². The molecule has 2 aromatic carbocycles. The number of aryl methyl sites for hydroxylation is 1. The monoisotopic (exact) mass is 415 g/mol. The normalized spacial score (nSPS) is 10.2. The summed E-state index contributed by atoms with van der Waals surface area (Å²) in [5, 5.41) is 12.3. The van der Waals surface area contributed by atoms with Gasteiger partial charge in [0, 0.05) is 14.2 Å². The molecule has 108 valence electrons. The van der Waals surface area contributed by atoms with Gasteiger partial charge in [-0.15, -0.1) is 0 Å². The molecule has 1 amide bonds. The van der Waals surface area contributed by atoms with Gasteiger partial charge in [0.2, 0.25) is 0 Å². The molecule has 2 N–H and O–H groups in total. The predicted octanol–water partition coefficient (Wildman–Crippen LogP) is 4.20. The zero-order valence-corrected chi connectivity index (χ0v) is 13.9. The van der Waals surface area contributed by atoms with Crippen LogP contribution in [0.3, 0.4) is 0 Å². The van der Waals surface area contributed by atoms with Gasteiger partial charge in [-0.25, -0.2) is 4.79 Å². The van der Waals surface area contributed by atoms with Crippen LogP contribution in [0.15, 0.2) is 36.4 Å². The molecule has 0 spiro atoms. The van der Waals surface area contributed by atoms with Gasteiger partial charge in [-0.3, -0.25) is 4.79 Å². The lowest BCUT2D eigenvalue weighted by Gasteiger charge is -2.11. The standard InChI is InChI=1S/C15H11ClINO3/c1-8-2-3-9(16)6-11(8)14(19)18-13-5-4-10(17)7-12(13)15(20)21/h2-7H,1H3,(H,18,19)(H,20,21). The van der Waals surface area contributed by atoms with Crippen molar-refractivity contribution in [2.75, 3.05) is 5.32 Å². The summed E-state index contributed by atoms with van der Waals surface area (Å²) in [5.41, 5.74) is 1.49. The molecule has 2 rings (SSSR count). The molecule has 0 fully saturated rings. The van der Waals surface area contributed by atoms with Gasteiger partial charge in [0.15, 0.2) is 0 Å². The second-order valence-electron chi connectivity index (χ2n) is 4.41. The molecule has 0 radical (unpaired) electrons. The second-order valence-corrected chi connectivity index (χ2v) is 6.09. The molecular formula is C15H11ClINO3. The summed E-state index contributed by atoms with van der Waals surface area (Å²) in [4.78, 5) is 23.5. The van der Waals surface area contributed by atoms with Crippen LogP contribution in [0, 0.1) is 10.5 Å². The minimum absolute atomic E-state index is 0.0509. The highest BCUT2D eigenvalue weighted by molar-refractivity contribution is 14.1. The van der Waals surface area contributed by atoms with Crippen molar-refractivity contribution in [3.63, 3.8) is 0 Å². The van der Waals surface area contributed by atoms with E-state index in [-0.39, 0.29) is 11.3 Å². The molecule has 0 aromatic heterocycles. The van der Waals surface area contributed by atoms with E-state index in [1.807, 2.05) is 22.6 Å². The first-order chi connectivity index (χ1) is 9.88. The topological polar surface area (TPSA) is 66.4 Å². The zero-order chi connectivity index (χ0) is 15.6. The van der Waals surface area contributed by atoms with Crippen LogP contribution >= 0.6 is 34.2 Å². The maximum atomic E-state index is 12.3.